The van der Waals surface area contributed by atoms with Crippen molar-refractivity contribution in [1.82, 2.24) is 4.90 Å². The zero-order valence-electron chi connectivity index (χ0n) is 18.2. The fourth-order valence-electron chi connectivity index (χ4n) is 3.72. The maximum atomic E-state index is 13.4. The van der Waals surface area contributed by atoms with E-state index in [1.807, 2.05) is 6.92 Å². The Morgan fingerprint density at radius 3 is 2.35 bits per heavy atom. The smallest absolute Gasteiger partial charge is 0.264 e. The number of fused-ring (bicyclic) bond motifs is 1. The fourth-order valence-corrected chi connectivity index (χ4v) is 4.63. The number of imide groups is 1. The van der Waals surface area contributed by atoms with E-state index in [-0.39, 0.29) is 11.1 Å². The number of sulfone groups is 1. The van der Waals surface area contributed by atoms with Gasteiger partial charge in [0.05, 0.1) is 36.6 Å². The fraction of sp³-hybridized carbons (Fsp3) is 0.364. The number of rotatable bonds is 8. The average Bonchev–Trinajstić information content (AvgIpc) is 2.96. The van der Waals surface area contributed by atoms with E-state index in [4.69, 9.17) is 9.47 Å². The highest BCUT2D eigenvalue weighted by molar-refractivity contribution is 7.90. The molecule has 0 saturated carbocycles. The molecule has 1 unspecified atom stereocenters. The number of ether oxygens (including phenoxy) is 2. The third kappa shape index (κ3) is 4.36. The quantitative estimate of drug-likeness (QED) is 0.575. The van der Waals surface area contributed by atoms with Crippen LogP contribution in [0.4, 0.5) is 5.69 Å². The van der Waals surface area contributed by atoms with E-state index in [1.165, 1.54) is 7.11 Å². The lowest BCUT2D eigenvalue weighted by atomic mass is 10.1. The van der Waals surface area contributed by atoms with E-state index in [2.05, 4.69) is 0 Å². The molecule has 3 rings (SSSR count). The van der Waals surface area contributed by atoms with Crippen LogP contribution in [0.1, 0.15) is 39.2 Å². The summed E-state index contributed by atoms with van der Waals surface area (Å²) in [4.78, 5) is 29.4. The molecule has 8 nitrogen and oxygen atoms in total. The molecule has 1 aliphatic rings. The van der Waals surface area contributed by atoms with Crippen molar-refractivity contribution in [2.45, 2.75) is 13.0 Å². The van der Waals surface area contributed by atoms with Gasteiger partial charge in [0.15, 0.2) is 11.5 Å². The summed E-state index contributed by atoms with van der Waals surface area (Å²) < 4.78 is 35.4. The Morgan fingerprint density at radius 1 is 1.06 bits per heavy atom. The molecule has 2 amide bonds. The van der Waals surface area contributed by atoms with Crippen LogP contribution in [0.5, 0.6) is 11.5 Å². The van der Waals surface area contributed by atoms with Gasteiger partial charge < -0.3 is 14.4 Å². The number of hydrogen-bond donors (Lipinski definition) is 0. The summed E-state index contributed by atoms with van der Waals surface area (Å²) in [6.45, 7) is 2.18. The number of nitrogens with zero attached hydrogens (tertiary/aromatic N) is 2. The third-order valence-corrected chi connectivity index (χ3v) is 5.97. The first-order valence-corrected chi connectivity index (χ1v) is 11.8. The van der Waals surface area contributed by atoms with Crippen LogP contribution in [0, 0.1) is 0 Å². The van der Waals surface area contributed by atoms with Gasteiger partial charge in [-0.25, -0.2) is 8.42 Å². The Morgan fingerprint density at radius 2 is 1.77 bits per heavy atom. The highest BCUT2D eigenvalue weighted by Crippen LogP contribution is 2.38. The van der Waals surface area contributed by atoms with Crippen LogP contribution < -0.4 is 14.4 Å². The second-order valence-electron chi connectivity index (χ2n) is 7.53. The maximum absolute atomic E-state index is 13.4. The summed E-state index contributed by atoms with van der Waals surface area (Å²) >= 11 is 0. The molecule has 0 spiro atoms. The predicted octanol–water partition coefficient (Wildman–Crippen LogP) is 2.54. The lowest BCUT2D eigenvalue weighted by Crippen LogP contribution is -2.37. The molecular weight excluding hydrogens is 420 g/mol. The summed E-state index contributed by atoms with van der Waals surface area (Å²) in [6, 6.07) is 8.93. The normalized spacial score (nSPS) is 14.4. The number of amides is 2. The summed E-state index contributed by atoms with van der Waals surface area (Å²) in [5, 5.41) is 0. The first-order valence-electron chi connectivity index (χ1n) is 9.75. The SMILES string of the molecule is CCOc1cc(C(CS(C)(=O)=O)N2C(=O)c3cccc(N(C)C)c3C2=O)ccc1OC. The van der Waals surface area contributed by atoms with Crippen molar-refractivity contribution in [2.75, 3.05) is 44.7 Å². The van der Waals surface area contributed by atoms with Crippen molar-refractivity contribution < 1.29 is 27.5 Å². The molecule has 0 N–H and O–H groups in total. The lowest BCUT2D eigenvalue weighted by Gasteiger charge is -2.27. The molecule has 1 heterocycles. The van der Waals surface area contributed by atoms with Gasteiger partial charge in [-0.2, -0.15) is 0 Å². The van der Waals surface area contributed by atoms with E-state index >= 15 is 0 Å². The topological polar surface area (TPSA) is 93.2 Å². The number of carbonyl (C=O) groups is 2. The molecule has 2 aromatic rings. The molecule has 166 valence electrons. The third-order valence-electron chi connectivity index (χ3n) is 5.05. The standard InChI is InChI=1S/C22H26N2O6S/c1-6-30-19-12-14(10-11-18(19)29-4)17(13-31(5,27)28)24-21(25)15-8-7-9-16(23(2)3)20(15)22(24)26/h7-12,17H,6,13H2,1-5H3. The Labute approximate surface area is 182 Å². The van der Waals surface area contributed by atoms with Gasteiger partial charge >= 0.3 is 0 Å². The van der Waals surface area contributed by atoms with Crippen LogP contribution in [0.25, 0.3) is 0 Å². The minimum absolute atomic E-state index is 0.258. The summed E-state index contributed by atoms with van der Waals surface area (Å²) in [6.07, 6.45) is 1.08. The monoisotopic (exact) mass is 446 g/mol. The number of benzene rings is 2. The molecule has 0 radical (unpaired) electrons. The first-order chi connectivity index (χ1) is 14.6. The number of anilines is 1. The molecule has 9 heteroatoms. The van der Waals surface area contributed by atoms with Crippen molar-refractivity contribution >= 4 is 27.3 Å². The van der Waals surface area contributed by atoms with Crippen molar-refractivity contribution in [3.8, 4) is 11.5 Å². The second kappa shape index (κ2) is 8.58. The predicted molar refractivity (Wildman–Crippen MR) is 118 cm³/mol. The zero-order chi connectivity index (χ0) is 22.9. The molecule has 2 aromatic carbocycles. The molecular formula is C22H26N2O6S. The highest BCUT2D eigenvalue weighted by Gasteiger charge is 2.43. The minimum Gasteiger partial charge on any atom is -0.493 e. The van der Waals surface area contributed by atoms with Gasteiger partial charge in [-0.05, 0) is 36.8 Å². The van der Waals surface area contributed by atoms with E-state index < -0.39 is 33.4 Å². The van der Waals surface area contributed by atoms with E-state index in [9.17, 15) is 18.0 Å². The average molecular weight is 447 g/mol. The highest BCUT2D eigenvalue weighted by atomic mass is 32.2. The second-order valence-corrected chi connectivity index (χ2v) is 9.71. The molecule has 0 saturated heterocycles. The number of carbonyl (C=O) groups excluding carboxylic acids is 2. The number of methoxy groups -OCH3 is 1. The molecule has 0 bridgehead atoms. The van der Waals surface area contributed by atoms with Crippen molar-refractivity contribution in [2.24, 2.45) is 0 Å². The van der Waals surface area contributed by atoms with Crippen molar-refractivity contribution in [1.29, 1.82) is 0 Å². The largest absolute Gasteiger partial charge is 0.493 e. The van der Waals surface area contributed by atoms with Crippen LogP contribution in [-0.4, -0.2) is 65.0 Å². The van der Waals surface area contributed by atoms with Gasteiger partial charge in [0.1, 0.15) is 9.84 Å². The van der Waals surface area contributed by atoms with Crippen LogP contribution in [0.3, 0.4) is 0 Å². The summed E-state index contributed by atoms with van der Waals surface area (Å²) in [7, 11) is 1.52. The Hall–Kier alpha value is -3.07. The van der Waals surface area contributed by atoms with Gasteiger partial charge in [-0.15, -0.1) is 0 Å². The summed E-state index contributed by atoms with van der Waals surface area (Å²) in [5.41, 5.74) is 1.60. The summed E-state index contributed by atoms with van der Waals surface area (Å²) in [5.74, 6) is -0.571. The molecule has 0 aliphatic carbocycles. The molecule has 1 aliphatic heterocycles. The van der Waals surface area contributed by atoms with Gasteiger partial charge in [-0.3, -0.25) is 14.5 Å². The first kappa shape index (κ1) is 22.6. The van der Waals surface area contributed by atoms with Crippen molar-refractivity contribution in [3.63, 3.8) is 0 Å². The van der Waals surface area contributed by atoms with Gasteiger partial charge in [0.25, 0.3) is 11.8 Å². The van der Waals surface area contributed by atoms with Gasteiger partial charge in [0.2, 0.25) is 0 Å². The number of hydrogen-bond acceptors (Lipinski definition) is 7. The molecule has 1 atom stereocenters. The molecule has 0 aromatic heterocycles. The van der Waals surface area contributed by atoms with Crippen LogP contribution in [0.2, 0.25) is 0 Å². The molecule has 31 heavy (non-hydrogen) atoms. The van der Waals surface area contributed by atoms with E-state index in [0.717, 1.165) is 11.2 Å². The maximum Gasteiger partial charge on any atom is 0.264 e. The van der Waals surface area contributed by atoms with Gasteiger partial charge in [0, 0.05) is 26.0 Å². The Bertz CT molecular complexity index is 1130. The van der Waals surface area contributed by atoms with Gasteiger partial charge in [-0.1, -0.05) is 12.1 Å². The molecule has 0 fully saturated rings. The lowest BCUT2D eigenvalue weighted by molar-refractivity contribution is 0.0597. The van der Waals surface area contributed by atoms with Crippen LogP contribution in [0.15, 0.2) is 36.4 Å². The zero-order valence-corrected chi connectivity index (χ0v) is 19.0. The minimum atomic E-state index is -3.54. The van der Waals surface area contributed by atoms with Crippen molar-refractivity contribution in [3.05, 3.63) is 53.1 Å². The van der Waals surface area contributed by atoms with E-state index in [0.29, 0.717) is 29.4 Å². The Kier molecular flexibility index (Phi) is 6.26. The van der Waals surface area contributed by atoms with E-state index in [1.54, 1.807) is 55.4 Å². The van der Waals surface area contributed by atoms with Crippen LogP contribution >= 0.6 is 0 Å². The van der Waals surface area contributed by atoms with Crippen LogP contribution in [-0.2, 0) is 9.84 Å². The Balaban J connectivity index is 2.15.